The van der Waals surface area contributed by atoms with Crippen LogP contribution in [0.1, 0.15) is 36.5 Å². The molecular formula is C29H34ClF2N3O3. The number of nitrogens with two attached hydrogens (primary N) is 1. The molecule has 1 saturated heterocycles. The second kappa shape index (κ2) is 12.4. The number of benzene rings is 3. The molecule has 0 radical (unpaired) electrons. The van der Waals surface area contributed by atoms with Crippen LogP contribution in [0.2, 0.25) is 5.02 Å². The predicted molar refractivity (Wildman–Crippen MR) is 146 cm³/mol. The Morgan fingerprint density at radius 2 is 1.87 bits per heavy atom. The lowest BCUT2D eigenvalue weighted by atomic mass is 10.00. The smallest absolute Gasteiger partial charge is 0.324 e. The van der Waals surface area contributed by atoms with Gasteiger partial charge in [0.1, 0.15) is 18.0 Å². The van der Waals surface area contributed by atoms with Gasteiger partial charge < -0.3 is 25.8 Å². The zero-order valence-electron chi connectivity index (χ0n) is 21.4. The van der Waals surface area contributed by atoms with Crippen LogP contribution in [0.3, 0.4) is 0 Å². The van der Waals surface area contributed by atoms with Gasteiger partial charge in [0.25, 0.3) is 5.91 Å². The molecule has 1 aliphatic heterocycles. The number of carbonyl (C=O) groups is 1. The molecule has 9 heteroatoms. The summed E-state index contributed by atoms with van der Waals surface area (Å²) >= 11 is 6.40. The summed E-state index contributed by atoms with van der Waals surface area (Å²) in [5.74, 6) is -4.62. The number of alkyl halides is 2. The molecule has 0 spiro atoms. The molecule has 3 aromatic carbocycles. The van der Waals surface area contributed by atoms with Gasteiger partial charge in [0.15, 0.2) is 0 Å². The van der Waals surface area contributed by atoms with E-state index in [0.717, 1.165) is 36.7 Å². The van der Waals surface area contributed by atoms with Crippen molar-refractivity contribution in [1.82, 2.24) is 10.2 Å². The largest absolute Gasteiger partial charge is 0.489 e. The molecule has 6 nitrogen and oxygen atoms in total. The molecule has 1 aliphatic rings. The summed E-state index contributed by atoms with van der Waals surface area (Å²) in [5, 5.41) is 15.3. The second-order valence-electron chi connectivity index (χ2n) is 9.96. The van der Waals surface area contributed by atoms with Crippen LogP contribution in [0.15, 0.2) is 60.7 Å². The number of rotatable bonds is 10. The van der Waals surface area contributed by atoms with Gasteiger partial charge in [-0.1, -0.05) is 60.1 Å². The first-order chi connectivity index (χ1) is 18.2. The fraction of sp³-hybridized carbons (Fsp3) is 0.414. The molecule has 4 rings (SSSR count). The number of aryl methyl sites for hydroxylation is 1. The van der Waals surface area contributed by atoms with Gasteiger partial charge in [-0.15, -0.1) is 0 Å². The topological polar surface area (TPSA) is 87.8 Å². The van der Waals surface area contributed by atoms with E-state index in [0.29, 0.717) is 21.9 Å². The Balaban J connectivity index is 1.35. The Morgan fingerprint density at radius 3 is 2.55 bits per heavy atom. The molecule has 1 amide bonds. The van der Waals surface area contributed by atoms with E-state index >= 15 is 0 Å². The van der Waals surface area contributed by atoms with Crippen molar-refractivity contribution in [3.8, 4) is 5.75 Å². The lowest BCUT2D eigenvalue weighted by molar-refractivity contribution is -0.148. The number of ether oxygens (including phenoxy) is 1. The summed E-state index contributed by atoms with van der Waals surface area (Å²) in [6.45, 7) is 1.63. The Hall–Kier alpha value is -2.78. The van der Waals surface area contributed by atoms with Crippen LogP contribution >= 0.6 is 11.6 Å². The predicted octanol–water partition coefficient (Wildman–Crippen LogP) is 4.71. The van der Waals surface area contributed by atoms with Crippen LogP contribution < -0.4 is 15.8 Å². The minimum atomic E-state index is -3.64. The van der Waals surface area contributed by atoms with E-state index in [4.69, 9.17) is 22.1 Å². The lowest BCUT2D eigenvalue weighted by Gasteiger charge is -2.30. The monoisotopic (exact) mass is 545 g/mol. The van der Waals surface area contributed by atoms with E-state index in [1.54, 1.807) is 18.2 Å². The molecule has 0 aromatic heterocycles. The highest BCUT2D eigenvalue weighted by Gasteiger charge is 2.40. The summed E-state index contributed by atoms with van der Waals surface area (Å²) in [5.41, 5.74) is 6.80. The van der Waals surface area contributed by atoms with E-state index in [2.05, 4.69) is 17.3 Å². The van der Waals surface area contributed by atoms with Gasteiger partial charge in [-0.2, -0.15) is 8.78 Å². The maximum Gasteiger partial charge on any atom is 0.324 e. The van der Waals surface area contributed by atoms with Crippen LogP contribution in [0, 0.1) is 0 Å². The number of aliphatic hydroxyl groups is 1. The fourth-order valence-electron chi connectivity index (χ4n) is 4.66. The van der Waals surface area contributed by atoms with Crippen molar-refractivity contribution >= 4 is 28.3 Å². The van der Waals surface area contributed by atoms with Crippen LogP contribution in [0.25, 0.3) is 10.8 Å². The van der Waals surface area contributed by atoms with E-state index in [1.165, 1.54) is 6.07 Å². The number of nitrogens with zero attached hydrogens (tertiary/aromatic N) is 1. The van der Waals surface area contributed by atoms with Gasteiger partial charge in [-0.3, -0.25) is 4.79 Å². The average molecular weight is 546 g/mol. The van der Waals surface area contributed by atoms with Crippen molar-refractivity contribution in [3.05, 3.63) is 76.8 Å². The SMILES string of the molecule is CN1CCC(Oc2ccc([C@@H](O)[C@@H](CN)NC(=O)C(F)(F)CCc3ccc4ccccc4c3)cc2Cl)CC1. The second-order valence-corrected chi connectivity index (χ2v) is 10.4. The van der Waals surface area contributed by atoms with Crippen LogP contribution in [0.4, 0.5) is 8.78 Å². The van der Waals surface area contributed by atoms with Crippen molar-refractivity contribution in [2.45, 2.75) is 49.9 Å². The highest BCUT2D eigenvalue weighted by atomic mass is 35.5. The quantitative estimate of drug-likeness (QED) is 0.343. The zero-order valence-corrected chi connectivity index (χ0v) is 22.1. The number of nitrogens with one attached hydrogen (secondary N) is 1. The average Bonchev–Trinajstić information content (AvgIpc) is 2.92. The number of halogens is 3. The summed E-state index contributed by atoms with van der Waals surface area (Å²) in [6, 6.07) is 16.8. The number of amides is 1. The van der Waals surface area contributed by atoms with Crippen molar-refractivity contribution in [2.24, 2.45) is 5.73 Å². The normalized spacial score (nSPS) is 16.8. The molecule has 1 heterocycles. The minimum Gasteiger partial charge on any atom is -0.489 e. The molecule has 0 saturated carbocycles. The molecule has 204 valence electrons. The fourth-order valence-corrected chi connectivity index (χ4v) is 4.89. The molecule has 2 atom stereocenters. The minimum absolute atomic E-state index is 0.0233. The van der Waals surface area contributed by atoms with Crippen LogP contribution in [0.5, 0.6) is 5.75 Å². The van der Waals surface area contributed by atoms with Gasteiger partial charge >= 0.3 is 5.92 Å². The van der Waals surface area contributed by atoms with Crippen molar-refractivity contribution in [2.75, 3.05) is 26.7 Å². The molecule has 3 aromatic rings. The molecular weight excluding hydrogens is 512 g/mol. The number of hydrogen-bond donors (Lipinski definition) is 3. The Labute approximate surface area is 226 Å². The first kappa shape index (κ1) is 28.2. The number of hydrogen-bond acceptors (Lipinski definition) is 5. The highest BCUT2D eigenvalue weighted by Crippen LogP contribution is 2.31. The van der Waals surface area contributed by atoms with Gasteiger partial charge in [0.2, 0.25) is 0 Å². The molecule has 1 fully saturated rings. The number of fused-ring (bicyclic) bond motifs is 1. The van der Waals surface area contributed by atoms with E-state index in [1.807, 2.05) is 36.4 Å². The molecule has 0 unspecified atom stereocenters. The number of likely N-dealkylation sites (tertiary alicyclic amines) is 1. The summed E-state index contributed by atoms with van der Waals surface area (Å²) < 4.78 is 35.6. The molecule has 0 aliphatic carbocycles. The summed E-state index contributed by atoms with van der Waals surface area (Å²) in [7, 11) is 2.06. The first-order valence-corrected chi connectivity index (χ1v) is 13.2. The third-order valence-corrected chi connectivity index (χ3v) is 7.38. The standard InChI is InChI=1S/C29H34ClF2N3O3/c1-35-14-11-23(12-15-35)38-26-9-8-22(17-24(26)30)27(36)25(18-33)34-28(37)29(31,32)13-10-19-6-7-20-4-2-3-5-21(20)16-19/h2-9,16-17,23,25,27,36H,10-15,18,33H2,1H3,(H,34,37)/t25-,27-/m1/s1. The van der Waals surface area contributed by atoms with Gasteiger partial charge in [0.05, 0.1) is 11.1 Å². The maximum atomic E-state index is 14.8. The Kier molecular flexibility index (Phi) is 9.20. The molecule has 4 N–H and O–H groups in total. The Morgan fingerprint density at radius 1 is 1.16 bits per heavy atom. The van der Waals surface area contributed by atoms with Crippen molar-refractivity contribution in [3.63, 3.8) is 0 Å². The van der Waals surface area contributed by atoms with E-state index in [9.17, 15) is 18.7 Å². The zero-order chi connectivity index (χ0) is 27.3. The Bertz CT molecular complexity index is 1250. The van der Waals surface area contributed by atoms with E-state index < -0.39 is 30.4 Å². The third kappa shape index (κ3) is 6.99. The number of aliphatic hydroxyl groups excluding tert-OH is 1. The molecule has 38 heavy (non-hydrogen) atoms. The van der Waals surface area contributed by atoms with Crippen molar-refractivity contribution < 1.29 is 23.4 Å². The lowest BCUT2D eigenvalue weighted by Crippen LogP contribution is -2.50. The van der Waals surface area contributed by atoms with Gasteiger partial charge in [-0.25, -0.2) is 0 Å². The molecule has 0 bridgehead atoms. The summed E-state index contributed by atoms with van der Waals surface area (Å²) in [4.78, 5) is 14.7. The highest BCUT2D eigenvalue weighted by molar-refractivity contribution is 6.32. The number of piperidine rings is 1. The first-order valence-electron chi connectivity index (χ1n) is 12.9. The third-order valence-electron chi connectivity index (χ3n) is 7.08. The van der Waals surface area contributed by atoms with Crippen LogP contribution in [-0.4, -0.2) is 60.7 Å². The van der Waals surface area contributed by atoms with Crippen LogP contribution in [-0.2, 0) is 11.2 Å². The van der Waals surface area contributed by atoms with Crippen molar-refractivity contribution in [1.29, 1.82) is 0 Å². The maximum absolute atomic E-state index is 14.8. The van der Waals surface area contributed by atoms with Gasteiger partial charge in [-0.05, 0) is 60.3 Å². The van der Waals surface area contributed by atoms with Gasteiger partial charge in [0, 0.05) is 26.1 Å². The summed E-state index contributed by atoms with van der Waals surface area (Å²) in [6.07, 6.45) is -0.154. The number of carbonyl (C=O) groups excluding carboxylic acids is 1. The van der Waals surface area contributed by atoms with E-state index in [-0.39, 0.29) is 19.1 Å².